The van der Waals surface area contributed by atoms with Gasteiger partial charge in [-0.1, -0.05) is 59.2 Å². The number of aryl methyl sites for hydroxylation is 1. The molecular weight excluding hydrogens is 741 g/mol. The van der Waals surface area contributed by atoms with Gasteiger partial charge in [-0.15, -0.1) is 10.4 Å². The van der Waals surface area contributed by atoms with Crippen LogP contribution in [0.5, 0.6) is 11.8 Å². The van der Waals surface area contributed by atoms with Crippen LogP contribution in [0.2, 0.25) is 0 Å². The van der Waals surface area contributed by atoms with E-state index in [4.69, 9.17) is 23.8 Å². The average Bonchev–Trinajstić information content (AvgIpc) is 3.82. The summed E-state index contributed by atoms with van der Waals surface area (Å²) in [5, 5.41) is 27.5. The predicted molar refractivity (Wildman–Crippen MR) is 163 cm³/mol. The molecule has 4 atom stereocenters. The number of rotatable bonds is 14. The van der Waals surface area contributed by atoms with Crippen molar-refractivity contribution in [3.63, 3.8) is 0 Å². The molecule has 0 aliphatic carbocycles. The van der Waals surface area contributed by atoms with Gasteiger partial charge in [0, 0.05) is 0 Å². The number of hydrogen-bond donors (Lipinski definition) is 2. The molecule has 0 spiro atoms. The van der Waals surface area contributed by atoms with E-state index in [0.29, 0.717) is 0 Å². The molecule has 1 aliphatic heterocycles. The van der Waals surface area contributed by atoms with Crippen molar-refractivity contribution < 1.29 is 68.5 Å². The van der Waals surface area contributed by atoms with E-state index in [2.05, 4.69) is 20.4 Å². The van der Waals surface area contributed by atoms with Gasteiger partial charge in [0.1, 0.15) is 13.7 Å². The number of aromatic nitrogens is 4. The minimum atomic E-state index is -4.54. The van der Waals surface area contributed by atoms with Gasteiger partial charge in [-0.3, -0.25) is 4.63 Å². The van der Waals surface area contributed by atoms with Gasteiger partial charge >= 0.3 is 21.8 Å². The van der Waals surface area contributed by atoms with E-state index >= 15 is 0 Å². The summed E-state index contributed by atoms with van der Waals surface area (Å²) in [4.78, 5) is 3.77. The third kappa shape index (κ3) is 7.13. The highest BCUT2D eigenvalue weighted by Gasteiger charge is 2.49. The van der Waals surface area contributed by atoms with Crippen molar-refractivity contribution in [2.45, 2.75) is 42.4 Å². The number of sulfone groups is 3. The lowest BCUT2D eigenvalue weighted by Gasteiger charge is -2.23. The lowest BCUT2D eigenvalue weighted by Crippen LogP contribution is -3.09. The summed E-state index contributed by atoms with van der Waals surface area (Å²) in [7, 11) is -12.0. The zero-order valence-corrected chi connectivity index (χ0v) is 28.5. The van der Waals surface area contributed by atoms with E-state index in [1.807, 2.05) is 0 Å². The highest BCUT2D eigenvalue weighted by Crippen LogP contribution is 2.28. The predicted octanol–water partition coefficient (Wildman–Crippen LogP) is -1.41. The molecule has 0 bridgehead atoms. The molecule has 3 aromatic carbocycles. The summed E-state index contributed by atoms with van der Waals surface area (Å²) >= 11 is 0. The number of hydroxylamine groups is 3. The van der Waals surface area contributed by atoms with Gasteiger partial charge in [0.25, 0.3) is 25.0 Å². The minimum absolute atomic E-state index is 0.143. The van der Waals surface area contributed by atoms with Crippen molar-refractivity contribution in [1.82, 2.24) is 15.8 Å². The Balaban J connectivity index is 1.31. The highest BCUT2D eigenvalue weighted by atomic mass is 32.2. The molecule has 51 heavy (non-hydrogen) atoms. The Morgan fingerprint density at radius 3 is 1.90 bits per heavy atom. The molecule has 23 heteroatoms. The molecule has 2 N–H and O–H groups in total. The summed E-state index contributed by atoms with van der Waals surface area (Å²) in [5.41, 5.74) is 2.20. The van der Waals surface area contributed by atoms with Crippen LogP contribution < -0.4 is 29.8 Å². The van der Waals surface area contributed by atoms with Crippen LogP contribution in [0.4, 0.5) is 0 Å². The van der Waals surface area contributed by atoms with Crippen LogP contribution in [-0.4, -0.2) is 66.5 Å². The standard InChI is InChI=1S/C28H27N6O14S3/c1-32-26(49(37,38)20-11-5-2-6-12-20)25(31-46-32)45-19(17-43-23-27(33(35)47-29-23)50(39,40)21-13-7-3-8-14-21)18-44-24-28(34(36)48-30-24)51(41,42)22-15-9-4-10-16-22/h2-16,19,23,27,29,33H,17-18H2,1H3/q+1. The fraction of sp³-hybridized carbons (Fsp3) is 0.214. The molecule has 20 nitrogen and oxygen atoms in total. The second-order valence-corrected chi connectivity index (χ2v) is 16.4. The second-order valence-electron chi connectivity index (χ2n) is 10.6. The van der Waals surface area contributed by atoms with E-state index in [1.54, 1.807) is 18.2 Å². The number of benzene rings is 3. The van der Waals surface area contributed by atoms with Gasteiger partial charge in [-0.2, -0.15) is 5.23 Å². The second kappa shape index (κ2) is 14.3. The average molecular weight is 768 g/mol. The van der Waals surface area contributed by atoms with Crippen LogP contribution >= 0.6 is 0 Å². The third-order valence-corrected chi connectivity index (χ3v) is 12.8. The van der Waals surface area contributed by atoms with Gasteiger partial charge in [-0.05, 0) is 46.0 Å². The van der Waals surface area contributed by atoms with Crippen molar-refractivity contribution in [3.05, 3.63) is 101 Å². The Kier molecular flexibility index (Phi) is 10.0. The fourth-order valence-corrected chi connectivity index (χ4v) is 9.11. The van der Waals surface area contributed by atoms with Crippen molar-refractivity contribution in [2.24, 2.45) is 7.05 Å². The zero-order valence-electron chi connectivity index (χ0n) is 26.0. The molecule has 0 radical (unpaired) electrons. The smallest absolute Gasteiger partial charge is 0.441 e. The lowest BCUT2D eigenvalue weighted by atomic mass is 10.4. The SMILES string of the molecule is C[n+]1onc(OC(COc2no[n+]([O-])c2S(=O)(=O)c2ccccc2)COC2NO[NH+]([O-])C2S(=O)(=O)c2ccccc2)c1S(=O)(=O)c1ccccc1. The maximum absolute atomic E-state index is 13.6. The van der Waals surface area contributed by atoms with Gasteiger partial charge in [-0.25, -0.2) is 25.3 Å². The molecule has 270 valence electrons. The molecule has 2 aromatic heterocycles. The number of nitrogens with zero attached hydrogens (tertiary/aromatic N) is 4. The Morgan fingerprint density at radius 2 is 1.31 bits per heavy atom. The topological polar surface area (TPSA) is 262 Å². The first-order valence-corrected chi connectivity index (χ1v) is 19.1. The molecule has 6 rings (SSSR count). The molecule has 1 saturated heterocycles. The van der Waals surface area contributed by atoms with E-state index in [9.17, 15) is 35.7 Å². The molecule has 5 aromatic rings. The molecule has 1 fully saturated rings. The van der Waals surface area contributed by atoms with Crippen LogP contribution in [-0.2, 0) is 46.2 Å². The Bertz CT molecular complexity index is 2310. The maximum atomic E-state index is 13.6. The quantitative estimate of drug-likeness (QED) is 0.0971. The summed E-state index contributed by atoms with van der Waals surface area (Å²) in [6.07, 6.45) is -3.12. The van der Waals surface area contributed by atoms with Crippen molar-refractivity contribution in [1.29, 1.82) is 0 Å². The highest BCUT2D eigenvalue weighted by molar-refractivity contribution is 7.92. The van der Waals surface area contributed by atoms with E-state index in [-0.39, 0.29) is 19.6 Å². The Morgan fingerprint density at radius 1 is 0.784 bits per heavy atom. The molecule has 4 unspecified atom stereocenters. The molecular formula is C28H27N6O14S3+. The van der Waals surface area contributed by atoms with Gasteiger partial charge < -0.3 is 24.6 Å². The van der Waals surface area contributed by atoms with Crippen LogP contribution in [0.15, 0.2) is 125 Å². The van der Waals surface area contributed by atoms with E-state index in [1.165, 1.54) is 79.8 Å². The summed E-state index contributed by atoms with van der Waals surface area (Å²) in [6, 6.07) is 21.1. The molecule has 3 heterocycles. The fourth-order valence-electron chi connectivity index (χ4n) is 4.80. The van der Waals surface area contributed by atoms with Gasteiger partial charge in [0.15, 0.2) is 6.10 Å². The normalized spacial score (nSPS) is 18.7. The van der Waals surface area contributed by atoms with E-state index in [0.717, 1.165) is 4.74 Å². The van der Waals surface area contributed by atoms with Crippen molar-refractivity contribution >= 4 is 29.5 Å². The van der Waals surface area contributed by atoms with Crippen LogP contribution in [0.1, 0.15) is 0 Å². The lowest BCUT2D eigenvalue weighted by molar-refractivity contribution is -1.05. The Hall–Kier alpha value is -5.01. The maximum Gasteiger partial charge on any atom is 0.441 e. The molecule has 1 aliphatic rings. The first-order chi connectivity index (χ1) is 24.3. The summed E-state index contributed by atoms with van der Waals surface area (Å²) in [5.74, 6) is -1.40. The van der Waals surface area contributed by atoms with Gasteiger partial charge in [0.2, 0.25) is 21.2 Å². The first-order valence-electron chi connectivity index (χ1n) is 14.5. The number of quaternary nitrogens is 1. The Labute approximate surface area is 289 Å². The largest absolute Gasteiger partial charge is 0.597 e. The van der Waals surface area contributed by atoms with Crippen LogP contribution in [0.25, 0.3) is 0 Å². The van der Waals surface area contributed by atoms with Gasteiger partial charge in [0.05, 0.1) is 26.4 Å². The van der Waals surface area contributed by atoms with Crippen LogP contribution in [0, 0.1) is 10.4 Å². The number of hydrogen-bond acceptors (Lipinski definition) is 17. The number of nitrogens with one attached hydrogen (secondary N) is 2. The summed E-state index contributed by atoms with van der Waals surface area (Å²) in [6.45, 7) is -1.44. The van der Waals surface area contributed by atoms with Crippen molar-refractivity contribution in [3.8, 4) is 11.8 Å². The first kappa shape index (κ1) is 35.8. The van der Waals surface area contributed by atoms with Crippen molar-refractivity contribution in [2.75, 3.05) is 13.2 Å². The minimum Gasteiger partial charge on any atom is -0.597 e. The van der Waals surface area contributed by atoms with E-state index < -0.39 is 87.5 Å². The third-order valence-electron chi connectivity index (χ3n) is 7.21. The molecule has 0 amide bonds. The molecule has 0 saturated carbocycles. The number of ether oxygens (including phenoxy) is 3. The van der Waals surface area contributed by atoms with Crippen LogP contribution in [0.3, 0.4) is 0 Å². The monoisotopic (exact) mass is 767 g/mol. The zero-order chi connectivity index (χ0) is 36.4. The summed E-state index contributed by atoms with van der Waals surface area (Å²) < 4.78 is 108.